The number of ether oxygens (including phenoxy) is 3. The molecule has 0 aromatic heterocycles. The van der Waals surface area contributed by atoms with E-state index < -0.39 is 22.2 Å². The molecule has 0 amide bonds. The van der Waals surface area contributed by atoms with Crippen LogP contribution in [0, 0.1) is 11.3 Å². The Labute approximate surface area is 135 Å². The van der Waals surface area contributed by atoms with Gasteiger partial charge in [0, 0.05) is 30.8 Å². The second-order valence-electron chi connectivity index (χ2n) is 7.63. The Morgan fingerprint density at radius 3 is 2.70 bits per heavy atom. The first-order valence-corrected chi connectivity index (χ1v) is 9.53. The molecule has 7 nitrogen and oxygen atoms in total. The summed E-state index contributed by atoms with van der Waals surface area (Å²) in [5.74, 6) is -1.20. The minimum absolute atomic E-state index is 0.0446. The zero-order valence-corrected chi connectivity index (χ0v) is 14.1. The van der Waals surface area contributed by atoms with Crippen molar-refractivity contribution >= 4 is 15.9 Å². The fraction of sp³-hybridized carbons (Fsp3) is 0.800. The van der Waals surface area contributed by atoms with Crippen molar-refractivity contribution in [3.63, 3.8) is 0 Å². The first-order valence-electron chi connectivity index (χ1n) is 7.72. The van der Waals surface area contributed by atoms with Gasteiger partial charge in [0.15, 0.2) is 5.78 Å². The summed E-state index contributed by atoms with van der Waals surface area (Å²) in [6, 6.07) is 0. The third-order valence-electron chi connectivity index (χ3n) is 4.86. The molecule has 3 aliphatic heterocycles. The van der Waals surface area contributed by atoms with Gasteiger partial charge in [-0.25, -0.2) is 4.18 Å². The molecular formula is C15H20O7S. The Hall–Kier alpha value is -0.960. The summed E-state index contributed by atoms with van der Waals surface area (Å²) in [5.41, 5.74) is 0.403. The SMILES string of the molecule is CC1(C)CC(=O)C2=C(C1)O[C@@]1(OS(C)(=O)=O)C[C@H]2[C@H]2CO[C@@H]1O2. The van der Waals surface area contributed by atoms with E-state index in [1.165, 1.54) is 0 Å². The number of Topliss-reactive ketones (excluding diaryl/α,β-unsaturated/α-hetero) is 1. The number of fused-ring (bicyclic) bond motifs is 7. The minimum atomic E-state index is -3.78. The zero-order valence-electron chi connectivity index (χ0n) is 13.3. The molecule has 0 saturated carbocycles. The van der Waals surface area contributed by atoms with Crippen molar-refractivity contribution in [1.82, 2.24) is 0 Å². The quantitative estimate of drug-likeness (QED) is 0.693. The van der Waals surface area contributed by atoms with Crippen LogP contribution in [0.15, 0.2) is 11.3 Å². The second-order valence-corrected chi connectivity index (χ2v) is 9.20. The molecule has 8 heteroatoms. The standard InChI is InChI=1S/C15H20O7S/c1-14(2)5-9(16)12-8-4-15(21-10(12)6-14,22-23(3,17)18)13-19-7-11(8)20-13/h8,11,13H,4-7H2,1-3H3/t8-,11+,13+,15+/m0/s1. The van der Waals surface area contributed by atoms with E-state index in [2.05, 4.69) is 0 Å². The Morgan fingerprint density at radius 2 is 2.00 bits per heavy atom. The van der Waals surface area contributed by atoms with E-state index in [0.29, 0.717) is 30.8 Å². The molecule has 0 aromatic carbocycles. The molecule has 4 rings (SSSR count). The molecule has 0 radical (unpaired) electrons. The number of allylic oxidation sites excluding steroid dienone is 1. The molecule has 3 heterocycles. The molecule has 0 N–H and O–H groups in total. The van der Waals surface area contributed by atoms with Crippen LogP contribution in [0.1, 0.15) is 33.1 Å². The molecule has 4 atom stereocenters. The molecule has 1 aliphatic carbocycles. The van der Waals surface area contributed by atoms with E-state index in [9.17, 15) is 13.2 Å². The zero-order chi connectivity index (χ0) is 16.6. The minimum Gasteiger partial charge on any atom is -0.460 e. The first kappa shape index (κ1) is 15.6. The van der Waals surface area contributed by atoms with Crippen LogP contribution >= 0.6 is 0 Å². The molecule has 2 fully saturated rings. The van der Waals surface area contributed by atoms with E-state index in [-0.39, 0.29) is 29.6 Å². The number of hydrogen-bond donors (Lipinski definition) is 0. The van der Waals surface area contributed by atoms with Crippen molar-refractivity contribution in [1.29, 1.82) is 0 Å². The molecule has 2 saturated heterocycles. The lowest BCUT2D eigenvalue weighted by Crippen LogP contribution is -2.58. The second kappa shape index (κ2) is 4.56. The predicted molar refractivity (Wildman–Crippen MR) is 77.5 cm³/mol. The molecule has 0 aromatic rings. The van der Waals surface area contributed by atoms with Crippen molar-refractivity contribution in [2.75, 3.05) is 12.9 Å². The maximum Gasteiger partial charge on any atom is 0.277 e. The lowest BCUT2D eigenvalue weighted by molar-refractivity contribution is -0.316. The maximum atomic E-state index is 12.6. The van der Waals surface area contributed by atoms with E-state index in [1.54, 1.807) is 0 Å². The summed E-state index contributed by atoms with van der Waals surface area (Å²) in [4.78, 5) is 12.6. The van der Waals surface area contributed by atoms with Crippen molar-refractivity contribution in [2.45, 2.75) is 51.3 Å². The van der Waals surface area contributed by atoms with Crippen LogP contribution in [-0.2, 0) is 33.3 Å². The third kappa shape index (κ3) is 2.43. The van der Waals surface area contributed by atoms with E-state index >= 15 is 0 Å². The fourth-order valence-electron chi connectivity index (χ4n) is 4.11. The van der Waals surface area contributed by atoms with Gasteiger partial charge in [-0.1, -0.05) is 13.8 Å². The number of carbonyl (C=O) groups is 1. The van der Waals surface area contributed by atoms with Crippen molar-refractivity contribution in [2.24, 2.45) is 11.3 Å². The van der Waals surface area contributed by atoms with Gasteiger partial charge in [-0.2, -0.15) is 8.42 Å². The van der Waals surface area contributed by atoms with Gasteiger partial charge in [0.25, 0.3) is 15.9 Å². The molecule has 128 valence electrons. The summed E-state index contributed by atoms with van der Waals surface area (Å²) in [6.45, 7) is 4.29. The maximum absolute atomic E-state index is 12.6. The van der Waals surface area contributed by atoms with Crippen LogP contribution in [0.2, 0.25) is 0 Å². The lowest BCUT2D eigenvalue weighted by atomic mass is 9.70. The number of ketones is 1. The number of carbonyl (C=O) groups excluding carboxylic acids is 1. The molecular weight excluding hydrogens is 324 g/mol. The summed E-state index contributed by atoms with van der Waals surface area (Å²) < 4.78 is 46.0. The van der Waals surface area contributed by atoms with Crippen LogP contribution in [-0.4, -0.2) is 45.2 Å². The van der Waals surface area contributed by atoms with Gasteiger partial charge in [-0.3, -0.25) is 4.79 Å². The van der Waals surface area contributed by atoms with Gasteiger partial charge < -0.3 is 14.2 Å². The summed E-state index contributed by atoms with van der Waals surface area (Å²) in [7, 11) is -3.78. The van der Waals surface area contributed by atoms with Gasteiger partial charge in [0.1, 0.15) is 5.76 Å². The Bertz CT molecular complexity index is 707. The summed E-state index contributed by atoms with van der Waals surface area (Å²) in [6.07, 6.45) is 1.09. The van der Waals surface area contributed by atoms with Crippen molar-refractivity contribution in [3.8, 4) is 0 Å². The average molecular weight is 344 g/mol. The van der Waals surface area contributed by atoms with Gasteiger partial charge in [0.05, 0.1) is 19.0 Å². The van der Waals surface area contributed by atoms with Crippen LogP contribution in [0.3, 0.4) is 0 Å². The Balaban J connectivity index is 1.81. The third-order valence-corrected chi connectivity index (χ3v) is 5.45. The predicted octanol–water partition coefficient (Wildman–Crippen LogP) is 1.09. The van der Waals surface area contributed by atoms with E-state index in [4.69, 9.17) is 18.4 Å². The molecule has 23 heavy (non-hydrogen) atoms. The molecule has 4 bridgehead atoms. The smallest absolute Gasteiger partial charge is 0.277 e. The highest BCUT2D eigenvalue weighted by atomic mass is 32.2. The highest BCUT2D eigenvalue weighted by Crippen LogP contribution is 2.54. The number of rotatable bonds is 2. The van der Waals surface area contributed by atoms with Crippen molar-refractivity contribution < 1.29 is 31.6 Å². The largest absolute Gasteiger partial charge is 0.460 e. The van der Waals surface area contributed by atoms with E-state index in [0.717, 1.165) is 6.26 Å². The van der Waals surface area contributed by atoms with Gasteiger partial charge >= 0.3 is 0 Å². The van der Waals surface area contributed by atoms with Crippen molar-refractivity contribution in [3.05, 3.63) is 11.3 Å². The summed E-state index contributed by atoms with van der Waals surface area (Å²) >= 11 is 0. The van der Waals surface area contributed by atoms with Crippen LogP contribution in [0.25, 0.3) is 0 Å². The number of hydrogen-bond acceptors (Lipinski definition) is 7. The van der Waals surface area contributed by atoms with Crippen LogP contribution < -0.4 is 0 Å². The lowest BCUT2D eigenvalue weighted by Gasteiger charge is -2.49. The topological polar surface area (TPSA) is 88.1 Å². The fourth-order valence-corrected chi connectivity index (χ4v) is 4.80. The van der Waals surface area contributed by atoms with E-state index in [1.807, 2.05) is 13.8 Å². The monoisotopic (exact) mass is 344 g/mol. The normalized spacial score (nSPS) is 41.5. The van der Waals surface area contributed by atoms with Gasteiger partial charge in [-0.05, 0) is 5.41 Å². The van der Waals surface area contributed by atoms with Crippen LogP contribution in [0.5, 0.6) is 0 Å². The summed E-state index contributed by atoms with van der Waals surface area (Å²) in [5, 5.41) is 0. The highest BCUT2D eigenvalue weighted by Gasteiger charge is 2.63. The average Bonchev–Trinajstić information content (AvgIpc) is 2.79. The molecule has 4 aliphatic rings. The Kier molecular flexibility index (Phi) is 3.09. The Morgan fingerprint density at radius 1 is 1.26 bits per heavy atom. The molecule has 0 spiro atoms. The molecule has 0 unspecified atom stereocenters. The van der Waals surface area contributed by atoms with Gasteiger partial charge in [0.2, 0.25) is 6.29 Å². The van der Waals surface area contributed by atoms with Gasteiger partial charge in [-0.15, -0.1) is 0 Å². The van der Waals surface area contributed by atoms with Crippen LogP contribution in [0.4, 0.5) is 0 Å². The first-order chi connectivity index (χ1) is 10.6. The highest BCUT2D eigenvalue weighted by molar-refractivity contribution is 7.86.